The van der Waals surface area contributed by atoms with Crippen molar-refractivity contribution in [2.45, 2.75) is 19.8 Å². The third-order valence-corrected chi connectivity index (χ3v) is 2.69. The van der Waals surface area contributed by atoms with Crippen molar-refractivity contribution in [1.29, 1.82) is 0 Å². The van der Waals surface area contributed by atoms with Gasteiger partial charge in [0.2, 0.25) is 0 Å². The van der Waals surface area contributed by atoms with Crippen LogP contribution in [0.25, 0.3) is 0 Å². The largest absolute Gasteiger partial charge is 0.147 e. The molecule has 0 aliphatic carbocycles. The average molecular weight is 162 g/mol. The summed E-state index contributed by atoms with van der Waals surface area (Å²) in [7, 11) is 0. The van der Waals surface area contributed by atoms with Crippen LogP contribution in [-0.4, -0.2) is 0 Å². The van der Waals surface area contributed by atoms with Crippen LogP contribution in [0.3, 0.4) is 0 Å². The van der Waals surface area contributed by atoms with Crippen LogP contribution in [0, 0.1) is 0 Å². The van der Waals surface area contributed by atoms with Gasteiger partial charge in [-0.05, 0) is 17.3 Å². The molecule has 0 aromatic carbocycles. The van der Waals surface area contributed by atoms with Gasteiger partial charge < -0.3 is 0 Å². The molecule has 1 heterocycles. The molecule has 0 bridgehead atoms. The van der Waals surface area contributed by atoms with Gasteiger partial charge in [-0.15, -0.1) is 11.3 Å². The molecule has 0 N–H and O–H groups in total. The van der Waals surface area contributed by atoms with Crippen LogP contribution in [-0.2, 0) is 0 Å². The molecular weight excluding hydrogens is 152 g/mol. The molecule has 9 heavy (non-hydrogen) atoms. The van der Waals surface area contributed by atoms with Crippen LogP contribution in [0.2, 0.25) is 5.02 Å². The van der Waals surface area contributed by atoms with E-state index in [1.807, 2.05) is 0 Å². The molecule has 0 radical (unpaired) electrons. The molecule has 0 unspecified atom stereocenters. The Kier molecular flexibility index (Phi) is 1.74. The highest BCUT2D eigenvalue weighted by molar-refractivity contribution is 7.10. The minimum absolute atomic E-state index is 0.441. The quantitative estimate of drug-likeness (QED) is 0.591. The standard InChI is InChI=1S/C7H9ClS/c1-5(2)7-6(8)3-4-9-7/h3-5H,1-2H3/i4D. The Hall–Kier alpha value is -0.0100. The van der Waals surface area contributed by atoms with Gasteiger partial charge in [0.1, 0.15) is 0 Å². The number of thiophene rings is 1. The van der Waals surface area contributed by atoms with E-state index in [1.54, 1.807) is 6.07 Å². The van der Waals surface area contributed by atoms with Gasteiger partial charge in [0.15, 0.2) is 0 Å². The Morgan fingerprint density at radius 3 is 2.67 bits per heavy atom. The lowest BCUT2D eigenvalue weighted by Crippen LogP contribution is -1.79. The SMILES string of the molecule is [2H]c1cc(Cl)c(C(C)C)s1. The second-order valence-corrected chi connectivity index (χ2v) is 3.52. The summed E-state index contributed by atoms with van der Waals surface area (Å²) in [6.07, 6.45) is 0. The van der Waals surface area contributed by atoms with E-state index in [9.17, 15) is 0 Å². The maximum absolute atomic E-state index is 7.28. The van der Waals surface area contributed by atoms with Crippen LogP contribution in [0.15, 0.2) is 11.4 Å². The van der Waals surface area contributed by atoms with Crippen LogP contribution >= 0.6 is 22.9 Å². The molecule has 0 nitrogen and oxygen atoms in total. The van der Waals surface area contributed by atoms with Gasteiger partial charge in [-0.25, -0.2) is 0 Å². The maximum Gasteiger partial charge on any atom is 0.0740 e. The second kappa shape index (κ2) is 2.72. The van der Waals surface area contributed by atoms with E-state index in [0.717, 1.165) is 9.90 Å². The number of halogens is 1. The molecule has 0 aliphatic heterocycles. The van der Waals surface area contributed by atoms with Crippen molar-refractivity contribution < 1.29 is 1.37 Å². The van der Waals surface area contributed by atoms with Crippen molar-refractivity contribution >= 4 is 22.9 Å². The highest BCUT2D eigenvalue weighted by Crippen LogP contribution is 2.28. The zero-order valence-electron chi connectivity index (χ0n) is 6.44. The lowest BCUT2D eigenvalue weighted by atomic mass is 10.2. The van der Waals surface area contributed by atoms with E-state index in [4.69, 9.17) is 13.0 Å². The molecule has 0 saturated carbocycles. The molecule has 1 aromatic rings. The molecule has 50 valence electrons. The Morgan fingerprint density at radius 1 is 1.78 bits per heavy atom. The smallest absolute Gasteiger partial charge is 0.0740 e. The van der Waals surface area contributed by atoms with Gasteiger partial charge in [-0.2, -0.15) is 0 Å². The fourth-order valence-corrected chi connectivity index (χ4v) is 1.81. The van der Waals surface area contributed by atoms with E-state index >= 15 is 0 Å². The van der Waals surface area contributed by atoms with Crippen molar-refractivity contribution in [2.75, 3.05) is 0 Å². The third-order valence-electron chi connectivity index (χ3n) is 1.11. The molecule has 1 aromatic heterocycles. The zero-order valence-corrected chi connectivity index (χ0v) is 7.01. The van der Waals surface area contributed by atoms with Gasteiger partial charge in [0.25, 0.3) is 0 Å². The van der Waals surface area contributed by atoms with Gasteiger partial charge in [0.05, 0.1) is 6.39 Å². The van der Waals surface area contributed by atoms with Gasteiger partial charge in [-0.1, -0.05) is 25.4 Å². The first kappa shape index (κ1) is 5.75. The summed E-state index contributed by atoms with van der Waals surface area (Å²) in [6, 6.07) is 1.70. The molecule has 0 amide bonds. The monoisotopic (exact) mass is 161 g/mol. The molecule has 0 aliphatic rings. The van der Waals surface area contributed by atoms with Crippen molar-refractivity contribution in [2.24, 2.45) is 0 Å². The molecular formula is C7H9ClS. The summed E-state index contributed by atoms with van der Waals surface area (Å²) in [4.78, 5) is 1.12. The lowest BCUT2D eigenvalue weighted by molar-refractivity contribution is 0.890. The summed E-state index contributed by atoms with van der Waals surface area (Å²) in [6.45, 7) is 4.16. The van der Waals surface area contributed by atoms with E-state index in [0.29, 0.717) is 11.3 Å². The maximum atomic E-state index is 7.28. The topological polar surface area (TPSA) is 0 Å². The lowest BCUT2D eigenvalue weighted by Gasteiger charge is -1.98. The zero-order chi connectivity index (χ0) is 7.72. The average Bonchev–Trinajstić information content (AvgIpc) is 2.10. The van der Waals surface area contributed by atoms with Gasteiger partial charge in [-0.3, -0.25) is 0 Å². The minimum Gasteiger partial charge on any atom is -0.147 e. The Labute approximate surface area is 65.9 Å². The Morgan fingerprint density at radius 2 is 2.44 bits per heavy atom. The van der Waals surface area contributed by atoms with E-state index in [2.05, 4.69) is 13.8 Å². The summed E-state index contributed by atoms with van der Waals surface area (Å²) >= 11 is 7.29. The summed E-state index contributed by atoms with van der Waals surface area (Å²) in [5.41, 5.74) is 0. The first-order valence-corrected chi connectivity index (χ1v) is 4.06. The normalized spacial score (nSPS) is 12.2. The van der Waals surface area contributed by atoms with Gasteiger partial charge >= 0.3 is 0 Å². The van der Waals surface area contributed by atoms with Crippen LogP contribution < -0.4 is 0 Å². The highest BCUT2D eigenvalue weighted by Gasteiger charge is 2.04. The van der Waals surface area contributed by atoms with E-state index < -0.39 is 0 Å². The molecule has 0 atom stereocenters. The van der Waals surface area contributed by atoms with Crippen LogP contribution in [0.4, 0.5) is 0 Å². The van der Waals surface area contributed by atoms with E-state index in [1.165, 1.54) is 11.3 Å². The molecule has 0 saturated heterocycles. The number of hydrogen-bond acceptors (Lipinski definition) is 1. The van der Waals surface area contributed by atoms with Crippen LogP contribution in [0.1, 0.15) is 26.0 Å². The predicted octanol–water partition coefficient (Wildman–Crippen LogP) is 3.52. The van der Waals surface area contributed by atoms with Crippen molar-refractivity contribution in [3.63, 3.8) is 0 Å². The Bertz CT molecular complexity index is 230. The minimum atomic E-state index is 0.441. The summed E-state index contributed by atoms with van der Waals surface area (Å²) in [5, 5.41) is 1.29. The first-order valence-electron chi connectivity index (χ1n) is 3.37. The predicted molar refractivity (Wildman–Crippen MR) is 43.4 cm³/mol. The van der Waals surface area contributed by atoms with Crippen molar-refractivity contribution in [1.82, 2.24) is 0 Å². The fourth-order valence-electron chi connectivity index (χ4n) is 0.658. The Balaban J connectivity index is 3.03. The highest BCUT2D eigenvalue weighted by atomic mass is 35.5. The number of hydrogen-bond donors (Lipinski definition) is 0. The summed E-state index contributed by atoms with van der Waals surface area (Å²) in [5.74, 6) is 0.441. The van der Waals surface area contributed by atoms with Crippen LogP contribution in [0.5, 0.6) is 0 Å². The molecule has 1 rings (SSSR count). The third kappa shape index (κ3) is 1.46. The molecule has 0 spiro atoms. The van der Waals surface area contributed by atoms with Crippen molar-refractivity contribution in [3.05, 3.63) is 21.3 Å². The van der Waals surface area contributed by atoms with Crippen molar-refractivity contribution in [3.8, 4) is 0 Å². The van der Waals surface area contributed by atoms with Gasteiger partial charge in [0, 0.05) is 4.88 Å². The number of rotatable bonds is 1. The molecule has 0 fully saturated rings. The second-order valence-electron chi connectivity index (χ2n) is 2.23. The van der Waals surface area contributed by atoms with E-state index in [-0.39, 0.29) is 0 Å². The fraction of sp³-hybridized carbons (Fsp3) is 0.429. The first-order chi connectivity index (χ1) is 4.61. The molecule has 2 heteroatoms. The summed E-state index contributed by atoms with van der Waals surface area (Å²) < 4.78 is 7.28.